The monoisotopic (exact) mass is 264 g/mol. The van der Waals surface area contributed by atoms with E-state index in [0.29, 0.717) is 21.7 Å². The second kappa shape index (κ2) is 4.36. The minimum Gasteiger partial charge on any atom is -0.362 e. The van der Waals surface area contributed by atoms with Crippen LogP contribution in [-0.2, 0) is 0 Å². The highest BCUT2D eigenvalue weighted by Gasteiger charge is 2.36. The molecule has 0 saturated heterocycles. The van der Waals surface area contributed by atoms with Crippen molar-refractivity contribution < 1.29 is 0 Å². The molecule has 1 aliphatic carbocycles. The van der Waals surface area contributed by atoms with Gasteiger partial charge in [0.15, 0.2) is 0 Å². The van der Waals surface area contributed by atoms with Crippen LogP contribution in [0, 0.1) is 0 Å². The zero-order chi connectivity index (χ0) is 10.9. The van der Waals surface area contributed by atoms with E-state index in [1.165, 1.54) is 6.42 Å². The van der Waals surface area contributed by atoms with Crippen LogP contribution in [0.4, 0.5) is 5.82 Å². The van der Waals surface area contributed by atoms with E-state index in [9.17, 15) is 0 Å². The Kier molecular flexibility index (Phi) is 3.29. The number of anilines is 1. The highest BCUT2D eigenvalue weighted by atomic mass is 35.5. The summed E-state index contributed by atoms with van der Waals surface area (Å²) in [5.41, 5.74) is -0.0218. The summed E-state index contributed by atoms with van der Waals surface area (Å²) >= 11 is 17.7. The molecule has 5 heteroatoms. The number of pyridine rings is 1. The standard InChI is InChI=1S/C10H11Cl3N2/c11-6-10(2-1-3-10)15-9-8(13)4-7(12)5-14-9/h4-5H,1-3,6H2,(H,14,15). The molecular weight excluding hydrogens is 254 g/mol. The first-order chi connectivity index (χ1) is 7.15. The normalized spacial score (nSPS) is 18.3. The molecule has 2 rings (SSSR count). The van der Waals surface area contributed by atoms with Crippen molar-refractivity contribution >= 4 is 40.6 Å². The average Bonchev–Trinajstić information content (AvgIpc) is 2.14. The van der Waals surface area contributed by atoms with Crippen molar-refractivity contribution in [2.45, 2.75) is 24.8 Å². The summed E-state index contributed by atoms with van der Waals surface area (Å²) in [6, 6.07) is 1.68. The smallest absolute Gasteiger partial charge is 0.145 e. The van der Waals surface area contributed by atoms with Gasteiger partial charge in [-0.2, -0.15) is 0 Å². The molecule has 0 spiro atoms. The van der Waals surface area contributed by atoms with Crippen LogP contribution in [0.15, 0.2) is 12.3 Å². The zero-order valence-electron chi connectivity index (χ0n) is 8.06. The van der Waals surface area contributed by atoms with Crippen molar-refractivity contribution in [2.24, 2.45) is 0 Å². The lowest BCUT2D eigenvalue weighted by Gasteiger charge is -2.41. The Hall–Kier alpha value is -0.180. The van der Waals surface area contributed by atoms with Crippen LogP contribution in [0.25, 0.3) is 0 Å². The van der Waals surface area contributed by atoms with Gasteiger partial charge in [0, 0.05) is 12.1 Å². The van der Waals surface area contributed by atoms with Crippen molar-refractivity contribution in [1.82, 2.24) is 4.98 Å². The Morgan fingerprint density at radius 2 is 2.13 bits per heavy atom. The maximum atomic E-state index is 6.02. The zero-order valence-corrected chi connectivity index (χ0v) is 10.3. The Labute approximate surface area is 104 Å². The third kappa shape index (κ3) is 2.32. The van der Waals surface area contributed by atoms with Crippen molar-refractivity contribution in [3.05, 3.63) is 22.3 Å². The van der Waals surface area contributed by atoms with Crippen LogP contribution >= 0.6 is 34.8 Å². The molecule has 0 aliphatic heterocycles. The number of rotatable bonds is 3. The molecule has 1 heterocycles. The highest BCUT2D eigenvalue weighted by molar-refractivity contribution is 6.36. The molecule has 0 amide bonds. The molecule has 2 nitrogen and oxygen atoms in total. The first-order valence-electron chi connectivity index (χ1n) is 4.80. The van der Waals surface area contributed by atoms with Gasteiger partial charge < -0.3 is 5.32 Å². The van der Waals surface area contributed by atoms with Gasteiger partial charge in [-0.3, -0.25) is 0 Å². The van der Waals surface area contributed by atoms with Gasteiger partial charge in [-0.05, 0) is 25.3 Å². The van der Waals surface area contributed by atoms with Gasteiger partial charge >= 0.3 is 0 Å². The van der Waals surface area contributed by atoms with E-state index in [4.69, 9.17) is 34.8 Å². The average molecular weight is 266 g/mol. The molecule has 82 valence electrons. The van der Waals surface area contributed by atoms with E-state index in [1.54, 1.807) is 12.3 Å². The molecule has 0 radical (unpaired) electrons. The summed E-state index contributed by atoms with van der Waals surface area (Å²) < 4.78 is 0. The molecule has 0 atom stereocenters. The summed E-state index contributed by atoms with van der Waals surface area (Å²) in [5.74, 6) is 1.24. The third-order valence-electron chi connectivity index (χ3n) is 2.76. The number of halogens is 3. The van der Waals surface area contributed by atoms with Gasteiger partial charge in [0.05, 0.1) is 15.6 Å². The largest absolute Gasteiger partial charge is 0.362 e. The molecule has 1 aromatic rings. The molecule has 1 saturated carbocycles. The summed E-state index contributed by atoms with van der Waals surface area (Å²) in [4.78, 5) is 4.16. The van der Waals surface area contributed by atoms with E-state index < -0.39 is 0 Å². The molecule has 1 aliphatic rings. The van der Waals surface area contributed by atoms with Crippen molar-refractivity contribution in [2.75, 3.05) is 11.2 Å². The Balaban J connectivity index is 2.16. The van der Waals surface area contributed by atoms with Gasteiger partial charge in [0.1, 0.15) is 5.82 Å². The predicted octanol–water partition coefficient (Wildman–Crippen LogP) is 3.96. The number of alkyl halides is 1. The molecular formula is C10H11Cl3N2. The SMILES string of the molecule is ClCC1(Nc2ncc(Cl)cc2Cl)CCC1. The van der Waals surface area contributed by atoms with E-state index in [0.717, 1.165) is 12.8 Å². The fraction of sp³-hybridized carbons (Fsp3) is 0.500. The van der Waals surface area contributed by atoms with E-state index in [2.05, 4.69) is 10.3 Å². The number of nitrogens with zero attached hydrogens (tertiary/aromatic N) is 1. The van der Waals surface area contributed by atoms with Crippen LogP contribution in [-0.4, -0.2) is 16.4 Å². The van der Waals surface area contributed by atoms with Crippen LogP contribution in [0.1, 0.15) is 19.3 Å². The molecule has 15 heavy (non-hydrogen) atoms. The predicted molar refractivity (Wildman–Crippen MR) is 65.2 cm³/mol. The molecule has 0 aromatic carbocycles. The second-order valence-corrected chi connectivity index (χ2v) is 4.99. The van der Waals surface area contributed by atoms with Gasteiger partial charge in [0.25, 0.3) is 0 Å². The minimum absolute atomic E-state index is 0.0218. The van der Waals surface area contributed by atoms with Crippen molar-refractivity contribution in [3.63, 3.8) is 0 Å². The molecule has 0 bridgehead atoms. The van der Waals surface area contributed by atoms with Crippen LogP contribution in [0.2, 0.25) is 10.0 Å². The van der Waals surface area contributed by atoms with E-state index in [-0.39, 0.29) is 5.54 Å². The summed E-state index contributed by atoms with van der Waals surface area (Å²) in [6.07, 6.45) is 4.91. The Morgan fingerprint density at radius 3 is 2.60 bits per heavy atom. The summed E-state index contributed by atoms with van der Waals surface area (Å²) in [5, 5.41) is 4.38. The lowest BCUT2D eigenvalue weighted by atomic mass is 9.78. The second-order valence-electron chi connectivity index (χ2n) is 3.88. The fourth-order valence-electron chi connectivity index (χ4n) is 1.65. The van der Waals surface area contributed by atoms with Crippen molar-refractivity contribution in [1.29, 1.82) is 0 Å². The van der Waals surface area contributed by atoms with Crippen molar-refractivity contribution in [3.8, 4) is 0 Å². The first kappa shape index (κ1) is 11.3. The van der Waals surface area contributed by atoms with Gasteiger partial charge in [0.2, 0.25) is 0 Å². The lowest BCUT2D eigenvalue weighted by Crippen LogP contribution is -2.47. The number of aromatic nitrogens is 1. The highest BCUT2D eigenvalue weighted by Crippen LogP contribution is 2.37. The maximum absolute atomic E-state index is 6.02. The van der Waals surface area contributed by atoms with Gasteiger partial charge in [-0.1, -0.05) is 23.2 Å². The quantitative estimate of drug-likeness (QED) is 0.837. The van der Waals surface area contributed by atoms with Gasteiger partial charge in [-0.25, -0.2) is 4.98 Å². The first-order valence-corrected chi connectivity index (χ1v) is 6.09. The topological polar surface area (TPSA) is 24.9 Å². The Bertz CT molecular complexity index is 358. The molecule has 1 N–H and O–H groups in total. The Morgan fingerprint density at radius 1 is 1.40 bits per heavy atom. The fourth-order valence-corrected chi connectivity index (χ4v) is 2.41. The van der Waals surface area contributed by atoms with Crippen LogP contribution in [0.3, 0.4) is 0 Å². The van der Waals surface area contributed by atoms with Crippen LogP contribution in [0.5, 0.6) is 0 Å². The van der Waals surface area contributed by atoms with E-state index >= 15 is 0 Å². The lowest BCUT2D eigenvalue weighted by molar-refractivity contribution is 0.310. The summed E-state index contributed by atoms with van der Waals surface area (Å²) in [7, 11) is 0. The number of hydrogen-bond donors (Lipinski definition) is 1. The molecule has 1 fully saturated rings. The van der Waals surface area contributed by atoms with Gasteiger partial charge in [-0.15, -0.1) is 11.6 Å². The third-order valence-corrected chi connectivity index (χ3v) is 3.76. The van der Waals surface area contributed by atoms with Crippen LogP contribution < -0.4 is 5.32 Å². The number of nitrogens with one attached hydrogen (secondary N) is 1. The maximum Gasteiger partial charge on any atom is 0.145 e. The summed E-state index contributed by atoms with van der Waals surface area (Å²) in [6.45, 7) is 0. The number of hydrogen-bond acceptors (Lipinski definition) is 2. The minimum atomic E-state index is -0.0218. The molecule has 0 unspecified atom stereocenters. The molecule has 1 aromatic heterocycles. The van der Waals surface area contributed by atoms with E-state index in [1.807, 2.05) is 0 Å².